The molecule has 2 rings (SSSR count). The maximum atomic E-state index is 12.3. The van der Waals surface area contributed by atoms with Crippen LogP contribution < -0.4 is 14.8 Å². The standard InChI is InChI=1S/C18H28N2O4/c1-13(20-10-7-15(21)8-11-20)18(22)19-9-6-14-4-5-16(23-2)17(12-14)24-3/h4-5,12-13,15,21H,6-11H2,1-3H3,(H,19,22). The Hall–Kier alpha value is -1.79. The van der Waals surface area contributed by atoms with Crippen LogP contribution in [0.5, 0.6) is 11.5 Å². The number of methoxy groups -OCH3 is 2. The van der Waals surface area contributed by atoms with Gasteiger partial charge in [-0.1, -0.05) is 6.07 Å². The van der Waals surface area contributed by atoms with E-state index >= 15 is 0 Å². The number of nitrogens with one attached hydrogen (secondary N) is 1. The number of aliphatic hydroxyl groups excluding tert-OH is 1. The quantitative estimate of drug-likeness (QED) is 0.783. The van der Waals surface area contributed by atoms with Gasteiger partial charge in [-0.2, -0.15) is 0 Å². The fourth-order valence-corrected chi connectivity index (χ4v) is 2.95. The molecule has 1 unspecified atom stereocenters. The van der Waals surface area contributed by atoms with Crippen molar-refractivity contribution in [3.63, 3.8) is 0 Å². The SMILES string of the molecule is COc1ccc(CCNC(=O)C(C)N2CCC(O)CC2)cc1OC. The monoisotopic (exact) mass is 336 g/mol. The lowest BCUT2D eigenvalue weighted by Gasteiger charge is -2.33. The summed E-state index contributed by atoms with van der Waals surface area (Å²) in [6.07, 6.45) is 1.99. The van der Waals surface area contributed by atoms with Crippen molar-refractivity contribution in [2.45, 2.75) is 38.3 Å². The van der Waals surface area contributed by atoms with Crippen molar-refractivity contribution in [3.8, 4) is 11.5 Å². The fourth-order valence-electron chi connectivity index (χ4n) is 2.95. The Balaban J connectivity index is 1.80. The average molecular weight is 336 g/mol. The summed E-state index contributed by atoms with van der Waals surface area (Å²) < 4.78 is 10.5. The molecule has 6 nitrogen and oxygen atoms in total. The maximum absolute atomic E-state index is 12.3. The minimum atomic E-state index is -0.221. The molecule has 6 heteroatoms. The second kappa shape index (κ2) is 8.89. The molecule has 1 aromatic carbocycles. The molecule has 24 heavy (non-hydrogen) atoms. The molecule has 1 fully saturated rings. The number of likely N-dealkylation sites (tertiary alicyclic amines) is 1. The number of aliphatic hydroxyl groups is 1. The van der Waals surface area contributed by atoms with Crippen LogP contribution in [0.25, 0.3) is 0 Å². The predicted octanol–water partition coefficient (Wildman–Crippen LogP) is 1.21. The van der Waals surface area contributed by atoms with Gasteiger partial charge in [0, 0.05) is 19.6 Å². The van der Waals surface area contributed by atoms with Crippen molar-refractivity contribution >= 4 is 5.91 Å². The van der Waals surface area contributed by atoms with Gasteiger partial charge in [-0.15, -0.1) is 0 Å². The smallest absolute Gasteiger partial charge is 0.237 e. The molecule has 1 aliphatic rings. The van der Waals surface area contributed by atoms with Crippen molar-refractivity contribution in [1.29, 1.82) is 0 Å². The van der Waals surface area contributed by atoms with Crippen LogP contribution in [0, 0.1) is 0 Å². The van der Waals surface area contributed by atoms with Crippen molar-refractivity contribution in [3.05, 3.63) is 23.8 Å². The molecule has 0 saturated carbocycles. The number of piperidine rings is 1. The molecule has 1 amide bonds. The molecular weight excluding hydrogens is 308 g/mol. The van der Waals surface area contributed by atoms with E-state index in [-0.39, 0.29) is 18.1 Å². The normalized spacial score (nSPS) is 17.3. The molecule has 1 atom stereocenters. The zero-order valence-electron chi connectivity index (χ0n) is 14.7. The molecular formula is C18H28N2O4. The molecule has 1 aliphatic heterocycles. The Morgan fingerprint density at radius 3 is 2.58 bits per heavy atom. The second-order valence-corrected chi connectivity index (χ2v) is 6.17. The van der Waals surface area contributed by atoms with Crippen LogP contribution in [0.1, 0.15) is 25.3 Å². The topological polar surface area (TPSA) is 71.0 Å². The molecule has 1 heterocycles. The summed E-state index contributed by atoms with van der Waals surface area (Å²) >= 11 is 0. The van der Waals surface area contributed by atoms with E-state index in [4.69, 9.17) is 9.47 Å². The molecule has 0 aliphatic carbocycles. The van der Waals surface area contributed by atoms with E-state index in [1.54, 1.807) is 14.2 Å². The van der Waals surface area contributed by atoms with Crippen molar-refractivity contribution < 1.29 is 19.4 Å². The number of benzene rings is 1. The molecule has 134 valence electrons. The summed E-state index contributed by atoms with van der Waals surface area (Å²) in [5.41, 5.74) is 1.08. The molecule has 0 radical (unpaired) electrons. The minimum absolute atomic E-state index is 0.0341. The largest absolute Gasteiger partial charge is 0.493 e. The Kier molecular flexibility index (Phi) is 6.87. The highest BCUT2D eigenvalue weighted by atomic mass is 16.5. The summed E-state index contributed by atoms with van der Waals surface area (Å²) in [6, 6.07) is 5.61. The molecule has 1 saturated heterocycles. The fraction of sp³-hybridized carbons (Fsp3) is 0.611. The Morgan fingerprint density at radius 2 is 1.96 bits per heavy atom. The maximum Gasteiger partial charge on any atom is 0.237 e. The Morgan fingerprint density at radius 1 is 1.29 bits per heavy atom. The van der Waals surface area contributed by atoms with E-state index in [0.717, 1.165) is 37.9 Å². The number of ether oxygens (including phenoxy) is 2. The number of nitrogens with zero attached hydrogens (tertiary/aromatic N) is 1. The van der Waals surface area contributed by atoms with Crippen molar-refractivity contribution in [2.24, 2.45) is 0 Å². The van der Waals surface area contributed by atoms with Gasteiger partial charge in [-0.25, -0.2) is 0 Å². The highest BCUT2D eigenvalue weighted by Gasteiger charge is 2.25. The molecule has 2 N–H and O–H groups in total. The van der Waals surface area contributed by atoms with Crippen molar-refractivity contribution in [2.75, 3.05) is 33.9 Å². The van der Waals surface area contributed by atoms with Crippen LogP contribution in [0.3, 0.4) is 0 Å². The number of hydrogen-bond acceptors (Lipinski definition) is 5. The first-order valence-corrected chi connectivity index (χ1v) is 8.46. The van der Waals surface area contributed by atoms with Gasteiger partial charge in [0.2, 0.25) is 5.91 Å². The lowest BCUT2D eigenvalue weighted by molar-refractivity contribution is -0.126. The number of carbonyl (C=O) groups excluding carboxylic acids is 1. The number of amides is 1. The molecule has 0 spiro atoms. The van der Waals surface area contributed by atoms with Gasteiger partial charge in [0.15, 0.2) is 11.5 Å². The highest BCUT2D eigenvalue weighted by molar-refractivity contribution is 5.81. The first kappa shape index (κ1) is 18.5. The van der Waals surface area contributed by atoms with Gasteiger partial charge in [-0.05, 0) is 43.9 Å². The average Bonchev–Trinajstić information content (AvgIpc) is 2.61. The third-order valence-corrected chi connectivity index (χ3v) is 4.59. The van der Waals surface area contributed by atoms with E-state index in [9.17, 15) is 9.90 Å². The molecule has 1 aromatic rings. The predicted molar refractivity (Wildman–Crippen MR) is 92.5 cm³/mol. The third kappa shape index (κ3) is 4.85. The number of rotatable bonds is 7. The first-order valence-electron chi connectivity index (χ1n) is 8.46. The minimum Gasteiger partial charge on any atom is -0.493 e. The third-order valence-electron chi connectivity index (χ3n) is 4.59. The van der Waals surface area contributed by atoms with Gasteiger partial charge >= 0.3 is 0 Å². The van der Waals surface area contributed by atoms with Crippen LogP contribution in [-0.4, -0.2) is 61.9 Å². The summed E-state index contributed by atoms with van der Waals surface area (Å²) in [7, 11) is 3.22. The van der Waals surface area contributed by atoms with Crippen LogP contribution in [0.2, 0.25) is 0 Å². The highest BCUT2D eigenvalue weighted by Crippen LogP contribution is 2.27. The number of hydrogen-bond donors (Lipinski definition) is 2. The summed E-state index contributed by atoms with van der Waals surface area (Å²) in [5, 5.41) is 12.5. The van der Waals surface area contributed by atoms with E-state index in [1.807, 2.05) is 25.1 Å². The van der Waals surface area contributed by atoms with Crippen LogP contribution in [0.15, 0.2) is 18.2 Å². The summed E-state index contributed by atoms with van der Waals surface area (Å²) in [4.78, 5) is 14.4. The van der Waals surface area contributed by atoms with E-state index < -0.39 is 0 Å². The molecule has 0 aromatic heterocycles. The van der Waals surface area contributed by atoms with Gasteiger partial charge in [0.1, 0.15) is 0 Å². The lowest BCUT2D eigenvalue weighted by atomic mass is 10.1. The zero-order valence-corrected chi connectivity index (χ0v) is 14.7. The van der Waals surface area contributed by atoms with Gasteiger partial charge in [0.05, 0.1) is 26.4 Å². The summed E-state index contributed by atoms with van der Waals surface area (Å²) in [5.74, 6) is 1.43. The summed E-state index contributed by atoms with van der Waals surface area (Å²) in [6.45, 7) is 4.04. The van der Waals surface area contributed by atoms with Crippen LogP contribution >= 0.6 is 0 Å². The van der Waals surface area contributed by atoms with Crippen molar-refractivity contribution in [1.82, 2.24) is 10.2 Å². The Labute approximate surface area is 143 Å². The lowest BCUT2D eigenvalue weighted by Crippen LogP contribution is -2.49. The van der Waals surface area contributed by atoms with E-state index in [1.165, 1.54) is 0 Å². The van der Waals surface area contributed by atoms with E-state index in [2.05, 4.69) is 10.2 Å². The second-order valence-electron chi connectivity index (χ2n) is 6.17. The van der Waals surface area contributed by atoms with Crippen LogP contribution in [0.4, 0.5) is 0 Å². The van der Waals surface area contributed by atoms with Gasteiger partial charge in [-0.3, -0.25) is 9.69 Å². The first-order chi connectivity index (χ1) is 11.5. The van der Waals surface area contributed by atoms with Gasteiger partial charge in [0.25, 0.3) is 0 Å². The Bertz CT molecular complexity index is 542. The number of carbonyl (C=O) groups is 1. The van der Waals surface area contributed by atoms with E-state index in [0.29, 0.717) is 18.0 Å². The van der Waals surface area contributed by atoms with Crippen LogP contribution in [-0.2, 0) is 11.2 Å². The molecule has 0 bridgehead atoms. The zero-order chi connectivity index (χ0) is 17.5. The van der Waals surface area contributed by atoms with Gasteiger partial charge < -0.3 is 19.9 Å².